The van der Waals surface area contributed by atoms with Gasteiger partial charge in [0, 0.05) is 60.2 Å². The summed E-state index contributed by atoms with van der Waals surface area (Å²) in [6.07, 6.45) is 3.02. The van der Waals surface area contributed by atoms with Gasteiger partial charge < -0.3 is 30.9 Å². The van der Waals surface area contributed by atoms with E-state index in [1.165, 1.54) is 12.1 Å². The number of halogens is 1. The molecule has 1 aliphatic rings. The Morgan fingerprint density at radius 3 is 2.51 bits per heavy atom. The molecule has 0 fully saturated rings. The average Bonchev–Trinajstić information content (AvgIpc) is 3.70. The van der Waals surface area contributed by atoms with Crippen LogP contribution in [0.5, 0.6) is 0 Å². The van der Waals surface area contributed by atoms with Crippen molar-refractivity contribution in [1.82, 2.24) is 20.3 Å². The van der Waals surface area contributed by atoms with Crippen LogP contribution in [0.3, 0.4) is 0 Å². The predicted molar refractivity (Wildman–Crippen MR) is 168 cm³/mol. The van der Waals surface area contributed by atoms with Gasteiger partial charge in [0.15, 0.2) is 0 Å². The summed E-state index contributed by atoms with van der Waals surface area (Å²) in [5.41, 5.74) is 7.30. The van der Waals surface area contributed by atoms with Crippen LogP contribution < -0.4 is 16.0 Å². The Bertz CT molecular complexity index is 1860. The van der Waals surface area contributed by atoms with Crippen LogP contribution in [-0.2, 0) is 11.2 Å². The number of aromatic amines is 2. The van der Waals surface area contributed by atoms with Crippen molar-refractivity contribution < 1.29 is 49.9 Å². The minimum absolute atomic E-state index is 0. The number of para-hydroxylation sites is 1. The summed E-state index contributed by atoms with van der Waals surface area (Å²) in [6, 6.07) is 16.1. The third-order valence-corrected chi connectivity index (χ3v) is 7.81. The molecule has 0 spiro atoms. The zero-order valence-electron chi connectivity index (χ0n) is 25.7. The van der Waals surface area contributed by atoms with E-state index >= 15 is 0 Å². The molecule has 11 heteroatoms. The second kappa shape index (κ2) is 14.3. The number of anilines is 2. The van der Waals surface area contributed by atoms with E-state index in [1.807, 2.05) is 40.7 Å². The molecular formula is C34H34FN6O3U-. The normalized spacial score (nSPS) is 14.0. The Balaban J connectivity index is 0.00000151. The van der Waals surface area contributed by atoms with Crippen molar-refractivity contribution in [3.63, 3.8) is 0 Å². The second-order valence-corrected chi connectivity index (χ2v) is 10.5. The number of rotatable bonds is 7. The molecule has 3 heterocycles. The first-order valence-corrected chi connectivity index (χ1v) is 14.5. The van der Waals surface area contributed by atoms with Gasteiger partial charge in [0.2, 0.25) is 11.8 Å². The molecule has 0 bridgehead atoms. The molecule has 5 aromatic rings. The van der Waals surface area contributed by atoms with Crippen molar-refractivity contribution in [2.24, 2.45) is 0 Å². The molecule has 45 heavy (non-hydrogen) atoms. The Morgan fingerprint density at radius 1 is 1.04 bits per heavy atom. The number of nitrogens with zero attached hydrogens (tertiary/aromatic N) is 1. The van der Waals surface area contributed by atoms with E-state index in [1.54, 1.807) is 42.5 Å². The minimum atomic E-state index is -0.532. The number of aryl methyl sites for hydroxylation is 1. The Labute approximate surface area is 284 Å². The Kier molecular flexibility index (Phi) is 10.7. The van der Waals surface area contributed by atoms with Crippen LogP contribution in [0, 0.1) is 57.1 Å². The fraction of sp³-hybridized carbons (Fsp3) is 0.235. The quantitative estimate of drug-likeness (QED) is 0.120. The van der Waals surface area contributed by atoms with Crippen LogP contribution in [0.4, 0.5) is 15.8 Å². The van der Waals surface area contributed by atoms with Crippen LogP contribution in [0.2, 0.25) is 0 Å². The van der Waals surface area contributed by atoms with Gasteiger partial charge in [-0.15, -0.1) is 6.07 Å². The number of carbonyl (C=O) groups excluding carboxylic acids is 3. The number of imidazole rings is 1. The summed E-state index contributed by atoms with van der Waals surface area (Å²) in [7, 11) is 0. The fourth-order valence-electron chi connectivity index (χ4n) is 5.47. The maximum Gasteiger partial charge on any atom is 0.251 e. The number of fused-ring (bicyclic) bond motifs is 2. The molecular weight excluding hydrogens is 797 g/mol. The van der Waals surface area contributed by atoms with E-state index in [-0.39, 0.29) is 60.7 Å². The molecule has 0 saturated heterocycles. The number of amides is 3. The molecule has 3 aromatic carbocycles. The van der Waals surface area contributed by atoms with Crippen LogP contribution in [0.1, 0.15) is 81.5 Å². The molecule has 0 saturated carbocycles. The number of benzene rings is 3. The first-order chi connectivity index (χ1) is 21.2. The van der Waals surface area contributed by atoms with Crippen LogP contribution in [0.25, 0.3) is 11.0 Å². The number of carbonyl (C=O) groups is 3. The van der Waals surface area contributed by atoms with Crippen molar-refractivity contribution >= 4 is 40.1 Å². The average molecular weight is 832 g/mol. The molecule has 5 N–H and O–H groups in total. The molecule has 2 unspecified atom stereocenters. The number of hydrogen-bond acceptors (Lipinski definition) is 4. The third kappa shape index (κ3) is 6.90. The molecule has 1 aliphatic heterocycles. The molecule has 9 nitrogen and oxygen atoms in total. The molecule has 230 valence electrons. The van der Waals surface area contributed by atoms with Gasteiger partial charge in [-0.1, -0.05) is 49.1 Å². The number of H-pyrrole nitrogens is 2. The van der Waals surface area contributed by atoms with Gasteiger partial charge >= 0.3 is 0 Å². The number of hydrogen-bond donors (Lipinski definition) is 5. The van der Waals surface area contributed by atoms with Gasteiger partial charge in [0.25, 0.3) is 5.91 Å². The van der Waals surface area contributed by atoms with Gasteiger partial charge in [0.1, 0.15) is 5.82 Å². The maximum absolute atomic E-state index is 13.3. The molecule has 0 aliphatic carbocycles. The van der Waals surface area contributed by atoms with Crippen LogP contribution in [-0.4, -0.2) is 32.7 Å². The van der Waals surface area contributed by atoms with Crippen molar-refractivity contribution in [1.29, 1.82) is 0 Å². The van der Waals surface area contributed by atoms with Crippen molar-refractivity contribution in [2.75, 3.05) is 10.6 Å². The predicted octanol–water partition coefficient (Wildman–Crippen LogP) is 6.50. The van der Waals surface area contributed by atoms with Crippen molar-refractivity contribution in [3.8, 4) is 0 Å². The first kappa shape index (κ1) is 33.7. The SMILES string of the molecule is CC.Cc1[nH]c(CC2C(=O)Nc3ccc(C(=O)NC(C)c4ccc(F)cc4)cc32)c(C)c1NC(=O)c1cccc2[nH][c-]nc12.[U]. The largest absolute Gasteiger partial charge is 0.460 e. The van der Waals surface area contributed by atoms with E-state index < -0.39 is 5.92 Å². The monoisotopic (exact) mass is 831 g/mol. The summed E-state index contributed by atoms with van der Waals surface area (Å²) in [5, 5.41) is 8.85. The van der Waals surface area contributed by atoms with E-state index in [9.17, 15) is 18.8 Å². The van der Waals surface area contributed by atoms with Gasteiger partial charge in [-0.2, -0.15) is 0 Å². The Morgan fingerprint density at radius 2 is 1.78 bits per heavy atom. The topological polar surface area (TPSA) is 132 Å². The third-order valence-electron chi connectivity index (χ3n) is 7.81. The van der Waals surface area contributed by atoms with Crippen molar-refractivity contribution in [3.05, 3.63) is 112 Å². The van der Waals surface area contributed by atoms with Crippen LogP contribution >= 0.6 is 0 Å². The van der Waals surface area contributed by atoms with Gasteiger partial charge in [-0.25, -0.2) is 4.39 Å². The maximum atomic E-state index is 13.3. The standard InChI is InChI=1S/C32H28FN6O3.C2H6.U/c1-16-27(36-18(3)28(16)39-31(41)22-5-4-6-26-29(22)35-15-34-26)14-24-23-13-20(9-12-25(23)38-32(24)42)30(40)37-17(2)19-7-10-21(33)11-8-19;1-2;/h4-13,17,24,36H,14H2,1-3H3,(H,34,35)(H,37,40)(H,38,42)(H,39,41);1-2H3;/q-1;;. The van der Waals surface area contributed by atoms with E-state index in [0.717, 1.165) is 33.6 Å². The molecule has 2 aromatic heterocycles. The first-order valence-electron chi connectivity index (χ1n) is 14.5. The molecule has 2 atom stereocenters. The molecule has 0 radical (unpaired) electrons. The minimum Gasteiger partial charge on any atom is -0.460 e. The van der Waals surface area contributed by atoms with Gasteiger partial charge in [-0.05, 0) is 79.7 Å². The summed E-state index contributed by atoms with van der Waals surface area (Å²) in [6.45, 7) is 9.58. The smallest absolute Gasteiger partial charge is 0.251 e. The van der Waals surface area contributed by atoms with Gasteiger partial charge in [-0.3, -0.25) is 14.4 Å². The summed E-state index contributed by atoms with van der Waals surface area (Å²) >= 11 is 0. The Hall–Kier alpha value is -4.20. The zero-order chi connectivity index (χ0) is 31.5. The van der Waals surface area contributed by atoms with E-state index in [0.29, 0.717) is 34.4 Å². The molecule has 6 rings (SSSR count). The van der Waals surface area contributed by atoms with E-state index in [4.69, 9.17) is 0 Å². The summed E-state index contributed by atoms with van der Waals surface area (Å²) in [4.78, 5) is 49.7. The second-order valence-electron chi connectivity index (χ2n) is 10.5. The fourth-order valence-corrected chi connectivity index (χ4v) is 5.47. The molecule has 3 amide bonds. The number of aromatic nitrogens is 3. The zero-order valence-corrected chi connectivity index (χ0v) is 29.8. The van der Waals surface area contributed by atoms with Gasteiger partial charge in [0.05, 0.1) is 17.6 Å². The van der Waals surface area contributed by atoms with Crippen LogP contribution in [0.15, 0.2) is 60.7 Å². The summed E-state index contributed by atoms with van der Waals surface area (Å²) in [5.74, 6) is -1.63. The van der Waals surface area contributed by atoms with E-state index in [2.05, 4.69) is 37.2 Å². The number of nitrogens with one attached hydrogen (secondary N) is 5. The van der Waals surface area contributed by atoms with Crippen molar-refractivity contribution in [2.45, 2.75) is 53.0 Å². The summed E-state index contributed by atoms with van der Waals surface area (Å²) < 4.78 is 13.3.